The van der Waals surface area contributed by atoms with Crippen LogP contribution in [0, 0.1) is 0 Å². The van der Waals surface area contributed by atoms with Crippen LogP contribution in [0.3, 0.4) is 0 Å². The third kappa shape index (κ3) is 4.75. The van der Waals surface area contributed by atoms with Gasteiger partial charge < -0.3 is 19.7 Å². The Labute approximate surface area is 178 Å². The van der Waals surface area contributed by atoms with Crippen LogP contribution in [0.1, 0.15) is 49.5 Å². The summed E-state index contributed by atoms with van der Waals surface area (Å²) in [6.45, 7) is 6.59. The van der Waals surface area contributed by atoms with Crippen LogP contribution >= 0.6 is 0 Å². The van der Waals surface area contributed by atoms with Gasteiger partial charge in [0.05, 0.1) is 19.3 Å². The fourth-order valence-corrected chi connectivity index (χ4v) is 3.71. The van der Waals surface area contributed by atoms with Crippen molar-refractivity contribution in [2.75, 3.05) is 18.6 Å². The Morgan fingerprint density at radius 3 is 2.60 bits per heavy atom. The zero-order valence-electron chi connectivity index (χ0n) is 18.1. The highest BCUT2D eigenvalue weighted by molar-refractivity contribution is 5.94. The number of ketones is 1. The van der Waals surface area contributed by atoms with E-state index in [-0.39, 0.29) is 17.7 Å². The molecule has 1 N–H and O–H groups in total. The first-order chi connectivity index (χ1) is 14.5. The minimum Gasteiger partial charge on any atom is -0.496 e. The van der Waals surface area contributed by atoms with Crippen molar-refractivity contribution in [3.63, 3.8) is 0 Å². The van der Waals surface area contributed by atoms with Crippen molar-refractivity contribution >= 4 is 17.4 Å². The Bertz CT molecular complexity index is 908. The molecule has 0 saturated carbocycles. The topological polar surface area (TPSA) is 67.9 Å². The lowest BCUT2D eigenvalue weighted by Gasteiger charge is -2.36. The Morgan fingerprint density at radius 2 is 1.93 bits per heavy atom. The van der Waals surface area contributed by atoms with Gasteiger partial charge in [0.2, 0.25) is 0 Å². The number of rotatable bonds is 8. The summed E-state index contributed by atoms with van der Waals surface area (Å²) in [6, 6.07) is 13.3. The van der Waals surface area contributed by atoms with E-state index in [1.807, 2.05) is 36.4 Å². The maximum absolute atomic E-state index is 12.9. The molecule has 3 rings (SSSR count). The van der Waals surface area contributed by atoms with Crippen LogP contribution in [0.4, 0.5) is 5.69 Å². The number of methoxy groups -OCH3 is 1. The van der Waals surface area contributed by atoms with Crippen LogP contribution in [0.15, 0.2) is 42.5 Å². The molecular formula is C24H30N2O4. The van der Waals surface area contributed by atoms with E-state index in [1.165, 1.54) is 0 Å². The van der Waals surface area contributed by atoms with Gasteiger partial charge in [0.15, 0.2) is 11.9 Å². The minimum atomic E-state index is -0.609. The summed E-state index contributed by atoms with van der Waals surface area (Å²) in [4.78, 5) is 26.8. The number of ether oxygens (including phenoxy) is 2. The molecule has 0 bridgehead atoms. The van der Waals surface area contributed by atoms with Gasteiger partial charge in [-0.25, -0.2) is 0 Å². The van der Waals surface area contributed by atoms with Crippen molar-refractivity contribution in [1.29, 1.82) is 0 Å². The summed E-state index contributed by atoms with van der Waals surface area (Å²) in [5, 5.41) is 3.09. The molecule has 0 spiro atoms. The van der Waals surface area contributed by atoms with Crippen molar-refractivity contribution in [2.24, 2.45) is 0 Å². The maximum Gasteiger partial charge on any atom is 0.263 e. The van der Waals surface area contributed by atoms with Gasteiger partial charge in [0, 0.05) is 23.7 Å². The van der Waals surface area contributed by atoms with Gasteiger partial charge in [-0.15, -0.1) is 0 Å². The number of carbonyl (C=O) groups is 2. The first-order valence-corrected chi connectivity index (χ1v) is 10.5. The van der Waals surface area contributed by atoms with Crippen LogP contribution in [0.5, 0.6) is 11.5 Å². The number of hydrogen-bond donors (Lipinski definition) is 1. The molecule has 2 aromatic carbocycles. The van der Waals surface area contributed by atoms with Crippen molar-refractivity contribution < 1.29 is 19.1 Å². The maximum atomic E-state index is 12.9. The number of Topliss-reactive ketones (excluding diaryl/α,β-unsaturated/α-hetero) is 1. The molecular weight excluding hydrogens is 380 g/mol. The minimum absolute atomic E-state index is 0.00343. The number of benzene rings is 2. The van der Waals surface area contributed by atoms with E-state index >= 15 is 0 Å². The standard InChI is InChI=1S/C24H30N2O4/c1-5-19(6-2)25-24(28)23-15-26(20-9-7-8-10-22(20)30-23)14-18-13-17(16(3)27)11-12-21(18)29-4/h7-13,19,23H,5-6,14-15H2,1-4H3,(H,25,28). The number of fused-ring (bicyclic) bond motifs is 1. The van der Waals surface area contributed by atoms with E-state index in [4.69, 9.17) is 9.47 Å². The van der Waals surface area contributed by atoms with Gasteiger partial charge in [-0.3, -0.25) is 9.59 Å². The predicted octanol–water partition coefficient (Wildman–Crippen LogP) is 3.97. The van der Waals surface area contributed by atoms with Crippen molar-refractivity contribution in [1.82, 2.24) is 5.32 Å². The van der Waals surface area contributed by atoms with E-state index in [1.54, 1.807) is 20.1 Å². The molecule has 0 saturated heterocycles. The zero-order chi connectivity index (χ0) is 21.7. The Hall–Kier alpha value is -3.02. The molecule has 1 atom stereocenters. The summed E-state index contributed by atoms with van der Waals surface area (Å²) in [7, 11) is 1.62. The molecule has 1 aliphatic rings. The quantitative estimate of drug-likeness (QED) is 0.667. The molecule has 2 aromatic rings. The Morgan fingerprint density at radius 1 is 1.20 bits per heavy atom. The molecule has 0 fully saturated rings. The molecule has 30 heavy (non-hydrogen) atoms. The van der Waals surface area contributed by atoms with Gasteiger partial charge in [-0.1, -0.05) is 26.0 Å². The van der Waals surface area contributed by atoms with Crippen LogP contribution in [0.25, 0.3) is 0 Å². The zero-order valence-corrected chi connectivity index (χ0v) is 18.1. The second-order valence-corrected chi connectivity index (χ2v) is 7.56. The van der Waals surface area contributed by atoms with E-state index < -0.39 is 6.10 Å². The first-order valence-electron chi connectivity index (χ1n) is 10.5. The van der Waals surface area contributed by atoms with Gasteiger partial charge in [0.1, 0.15) is 11.5 Å². The number of carbonyl (C=O) groups excluding carboxylic acids is 2. The molecule has 0 aliphatic carbocycles. The number of nitrogens with zero attached hydrogens (tertiary/aromatic N) is 1. The SMILES string of the molecule is CCC(CC)NC(=O)C1CN(Cc2cc(C(C)=O)ccc2OC)c2ccccc2O1. The third-order valence-corrected chi connectivity index (χ3v) is 5.53. The molecule has 160 valence electrons. The van der Waals surface area contributed by atoms with E-state index in [0.29, 0.717) is 30.2 Å². The van der Waals surface area contributed by atoms with Crippen LogP contribution < -0.4 is 19.7 Å². The normalized spacial score (nSPS) is 15.4. The average molecular weight is 411 g/mol. The number of nitrogens with one attached hydrogen (secondary N) is 1. The van der Waals surface area contributed by atoms with Crippen LogP contribution in [-0.4, -0.2) is 37.5 Å². The largest absolute Gasteiger partial charge is 0.496 e. The molecule has 1 unspecified atom stereocenters. The summed E-state index contributed by atoms with van der Waals surface area (Å²) >= 11 is 0. The lowest BCUT2D eigenvalue weighted by molar-refractivity contribution is -0.128. The number of para-hydroxylation sites is 2. The summed E-state index contributed by atoms with van der Waals surface area (Å²) in [5.41, 5.74) is 2.44. The van der Waals surface area contributed by atoms with Gasteiger partial charge >= 0.3 is 0 Å². The fourth-order valence-electron chi connectivity index (χ4n) is 3.71. The summed E-state index contributed by atoms with van der Waals surface area (Å²) in [5.74, 6) is 1.29. The highest BCUT2D eigenvalue weighted by atomic mass is 16.5. The van der Waals surface area contributed by atoms with Crippen molar-refractivity contribution in [2.45, 2.75) is 52.3 Å². The number of anilines is 1. The Balaban J connectivity index is 1.89. The van der Waals surface area contributed by atoms with E-state index in [9.17, 15) is 9.59 Å². The third-order valence-electron chi connectivity index (χ3n) is 5.53. The fraction of sp³-hybridized carbons (Fsp3) is 0.417. The molecule has 1 heterocycles. The predicted molar refractivity (Wildman–Crippen MR) is 117 cm³/mol. The average Bonchev–Trinajstić information content (AvgIpc) is 2.77. The van der Waals surface area contributed by atoms with Crippen molar-refractivity contribution in [3.05, 3.63) is 53.6 Å². The summed E-state index contributed by atoms with van der Waals surface area (Å²) in [6.07, 6.45) is 1.15. The van der Waals surface area contributed by atoms with Crippen LogP contribution in [-0.2, 0) is 11.3 Å². The lowest BCUT2D eigenvalue weighted by atomic mass is 10.0. The molecule has 1 amide bonds. The smallest absolute Gasteiger partial charge is 0.263 e. The monoisotopic (exact) mass is 410 g/mol. The summed E-state index contributed by atoms with van der Waals surface area (Å²) < 4.78 is 11.5. The highest BCUT2D eigenvalue weighted by Gasteiger charge is 2.31. The van der Waals surface area contributed by atoms with Gasteiger partial charge in [-0.2, -0.15) is 0 Å². The second-order valence-electron chi connectivity index (χ2n) is 7.56. The van der Waals surface area contributed by atoms with Gasteiger partial charge in [-0.05, 0) is 50.1 Å². The van der Waals surface area contributed by atoms with Crippen LogP contribution in [0.2, 0.25) is 0 Å². The lowest BCUT2D eigenvalue weighted by Crippen LogP contribution is -2.51. The number of amides is 1. The van der Waals surface area contributed by atoms with E-state index in [2.05, 4.69) is 24.1 Å². The van der Waals surface area contributed by atoms with E-state index in [0.717, 1.165) is 24.1 Å². The Kier molecular flexibility index (Phi) is 6.98. The molecule has 1 aliphatic heterocycles. The molecule has 6 nitrogen and oxygen atoms in total. The molecule has 6 heteroatoms. The number of hydrogen-bond acceptors (Lipinski definition) is 5. The second kappa shape index (κ2) is 9.65. The van der Waals surface area contributed by atoms with Gasteiger partial charge in [0.25, 0.3) is 5.91 Å². The molecule has 0 radical (unpaired) electrons. The van der Waals surface area contributed by atoms with Crippen molar-refractivity contribution in [3.8, 4) is 11.5 Å². The highest BCUT2D eigenvalue weighted by Crippen LogP contribution is 2.35. The first kappa shape index (κ1) is 21.7. The molecule has 0 aromatic heterocycles.